The third-order valence-electron chi connectivity index (χ3n) is 5.36. The van der Waals surface area contributed by atoms with Crippen molar-refractivity contribution in [3.05, 3.63) is 81.7 Å². The summed E-state index contributed by atoms with van der Waals surface area (Å²) in [5.74, 6) is 0.791. The topological polar surface area (TPSA) is 93.8 Å². The lowest BCUT2D eigenvalue weighted by atomic mass is 10.1. The molecule has 0 bridgehead atoms. The number of tetrazole rings is 1. The fraction of sp³-hybridized carbons (Fsp3) is 0.348. The molecule has 2 N–H and O–H groups in total. The van der Waals surface area contributed by atoms with Gasteiger partial charge in [0.2, 0.25) is 5.82 Å². The molecule has 0 aliphatic carbocycles. The van der Waals surface area contributed by atoms with Gasteiger partial charge >= 0.3 is 0 Å². The van der Waals surface area contributed by atoms with Crippen molar-refractivity contribution in [2.45, 2.75) is 52.9 Å². The normalized spacial score (nSPS) is 12.9. The van der Waals surface area contributed by atoms with E-state index in [4.69, 9.17) is 0 Å². The van der Waals surface area contributed by atoms with Gasteiger partial charge in [0, 0.05) is 18.0 Å². The zero-order valence-corrected chi connectivity index (χ0v) is 18.4. The van der Waals surface area contributed by atoms with Crippen LogP contribution in [0.25, 0.3) is 10.9 Å². The van der Waals surface area contributed by atoms with Gasteiger partial charge in [-0.3, -0.25) is 9.78 Å². The average Bonchev–Trinajstić information content (AvgIpc) is 3.19. The summed E-state index contributed by atoms with van der Waals surface area (Å²) < 4.78 is 1.85. The number of nitrogens with one attached hydrogen (secondary N) is 2. The van der Waals surface area contributed by atoms with Gasteiger partial charge in [-0.05, 0) is 61.2 Å². The second-order valence-electron chi connectivity index (χ2n) is 8.98. The number of aryl methyl sites for hydroxylation is 1. The second kappa shape index (κ2) is 8.39. The van der Waals surface area contributed by atoms with Gasteiger partial charge in [0.1, 0.15) is 19.6 Å². The number of fused-ring (bicyclic) bond motifs is 1. The Bertz CT molecular complexity index is 1240. The van der Waals surface area contributed by atoms with Crippen LogP contribution in [0, 0.1) is 6.92 Å². The highest BCUT2D eigenvalue weighted by molar-refractivity contribution is 5.81. The maximum Gasteiger partial charge on any atom is 0.257 e. The number of benzene rings is 1. The molecule has 4 aromatic rings. The molecule has 31 heavy (non-hydrogen) atoms. The molecular weight excluding hydrogens is 390 g/mol. The quantitative estimate of drug-likeness (QED) is 0.498. The Morgan fingerprint density at radius 1 is 1.10 bits per heavy atom. The number of hydrogen-bond donors (Lipinski definition) is 2. The van der Waals surface area contributed by atoms with Crippen molar-refractivity contribution in [2.24, 2.45) is 0 Å². The number of aromatic nitrogens is 6. The van der Waals surface area contributed by atoms with Gasteiger partial charge in [0.15, 0.2) is 0 Å². The molecule has 0 amide bonds. The zero-order valence-electron chi connectivity index (χ0n) is 18.4. The zero-order chi connectivity index (χ0) is 22.0. The van der Waals surface area contributed by atoms with Gasteiger partial charge in [0.25, 0.3) is 5.56 Å². The maximum atomic E-state index is 12.9. The molecule has 160 valence electrons. The first-order valence-electron chi connectivity index (χ1n) is 10.4. The lowest BCUT2D eigenvalue weighted by Crippen LogP contribution is -3.08. The van der Waals surface area contributed by atoms with Gasteiger partial charge < -0.3 is 9.88 Å². The largest absolute Gasteiger partial charge is 0.321 e. The van der Waals surface area contributed by atoms with E-state index in [9.17, 15) is 4.79 Å². The number of quaternary nitrogens is 1. The number of rotatable bonds is 6. The summed E-state index contributed by atoms with van der Waals surface area (Å²) >= 11 is 0. The molecule has 3 heterocycles. The van der Waals surface area contributed by atoms with E-state index in [1.807, 2.05) is 54.2 Å². The Kier molecular flexibility index (Phi) is 5.65. The highest BCUT2D eigenvalue weighted by atomic mass is 16.1. The van der Waals surface area contributed by atoms with E-state index in [1.54, 1.807) is 6.20 Å². The van der Waals surface area contributed by atoms with Crippen molar-refractivity contribution >= 4 is 10.9 Å². The Morgan fingerprint density at radius 3 is 2.68 bits per heavy atom. The van der Waals surface area contributed by atoms with E-state index in [1.165, 1.54) is 0 Å². The number of pyridine rings is 2. The van der Waals surface area contributed by atoms with Crippen LogP contribution in [0.1, 0.15) is 43.3 Å². The second-order valence-corrected chi connectivity index (χ2v) is 8.98. The molecule has 0 radical (unpaired) electrons. The molecule has 1 unspecified atom stereocenters. The van der Waals surface area contributed by atoms with Crippen molar-refractivity contribution < 1.29 is 4.90 Å². The first kappa shape index (κ1) is 20.9. The Balaban J connectivity index is 1.68. The number of aromatic amines is 1. The summed E-state index contributed by atoms with van der Waals surface area (Å²) in [7, 11) is 0. The molecular formula is C23H28N7O+. The molecule has 8 nitrogen and oxygen atoms in total. The summed E-state index contributed by atoms with van der Waals surface area (Å²) in [6.45, 7) is 10.1. The van der Waals surface area contributed by atoms with Crippen LogP contribution in [0.2, 0.25) is 0 Å². The molecule has 0 saturated carbocycles. The number of hydrogen-bond acceptors (Lipinski definition) is 5. The molecule has 3 aromatic heterocycles. The Hall–Kier alpha value is -3.39. The third kappa shape index (κ3) is 4.69. The van der Waals surface area contributed by atoms with Crippen molar-refractivity contribution in [3.8, 4) is 0 Å². The Morgan fingerprint density at radius 2 is 1.94 bits per heavy atom. The Labute approximate surface area is 180 Å². The first-order valence-corrected chi connectivity index (χ1v) is 10.4. The van der Waals surface area contributed by atoms with Crippen LogP contribution in [0.5, 0.6) is 0 Å². The van der Waals surface area contributed by atoms with Crippen LogP contribution in [0.4, 0.5) is 0 Å². The highest BCUT2D eigenvalue weighted by Gasteiger charge is 2.24. The smallest absolute Gasteiger partial charge is 0.257 e. The van der Waals surface area contributed by atoms with E-state index in [0.29, 0.717) is 19.6 Å². The van der Waals surface area contributed by atoms with E-state index < -0.39 is 0 Å². The average molecular weight is 419 g/mol. The van der Waals surface area contributed by atoms with Crippen molar-refractivity contribution in [1.29, 1.82) is 0 Å². The summed E-state index contributed by atoms with van der Waals surface area (Å²) in [4.78, 5) is 21.3. The number of para-hydroxylation sites is 1. The highest BCUT2D eigenvalue weighted by Crippen LogP contribution is 2.15. The summed E-state index contributed by atoms with van der Waals surface area (Å²) in [5.41, 5.74) is 3.51. The fourth-order valence-corrected chi connectivity index (χ4v) is 3.87. The van der Waals surface area contributed by atoms with E-state index in [0.717, 1.165) is 38.3 Å². The van der Waals surface area contributed by atoms with E-state index >= 15 is 0 Å². The predicted octanol–water partition coefficient (Wildman–Crippen LogP) is 1.76. The first-order chi connectivity index (χ1) is 14.8. The van der Waals surface area contributed by atoms with Crippen LogP contribution in [0.15, 0.2) is 53.6 Å². The van der Waals surface area contributed by atoms with Gasteiger partial charge in [0.05, 0.1) is 16.6 Å². The summed E-state index contributed by atoms with van der Waals surface area (Å²) in [6, 6.07) is 12.0. The molecule has 1 atom stereocenters. The molecule has 0 aliphatic rings. The molecule has 1 aromatic carbocycles. The lowest BCUT2D eigenvalue weighted by molar-refractivity contribution is -0.942. The third-order valence-corrected chi connectivity index (χ3v) is 5.36. The van der Waals surface area contributed by atoms with Crippen LogP contribution >= 0.6 is 0 Å². The monoisotopic (exact) mass is 418 g/mol. The summed E-state index contributed by atoms with van der Waals surface area (Å²) in [5, 5.41) is 13.4. The van der Waals surface area contributed by atoms with E-state index in [-0.39, 0.29) is 11.1 Å². The summed E-state index contributed by atoms with van der Waals surface area (Å²) in [6.07, 6.45) is 3.63. The van der Waals surface area contributed by atoms with Crippen LogP contribution in [-0.4, -0.2) is 30.2 Å². The van der Waals surface area contributed by atoms with Crippen LogP contribution in [0.3, 0.4) is 0 Å². The molecule has 0 spiro atoms. The lowest BCUT2D eigenvalue weighted by Gasteiger charge is -2.23. The van der Waals surface area contributed by atoms with Crippen molar-refractivity contribution in [1.82, 2.24) is 30.2 Å². The van der Waals surface area contributed by atoms with Gasteiger partial charge in [-0.15, -0.1) is 5.10 Å². The molecule has 0 saturated heterocycles. The molecule has 0 fully saturated rings. The predicted molar refractivity (Wildman–Crippen MR) is 118 cm³/mol. The van der Waals surface area contributed by atoms with E-state index in [2.05, 4.69) is 46.3 Å². The maximum absolute atomic E-state index is 12.9. The van der Waals surface area contributed by atoms with Gasteiger partial charge in [-0.2, -0.15) is 0 Å². The molecule has 0 aliphatic heterocycles. The van der Waals surface area contributed by atoms with Crippen molar-refractivity contribution in [3.63, 3.8) is 0 Å². The SMILES string of the molecule is Cc1cccc2cc(C[NH+](Cc3cccnc3)Cc3nnnn3C(C)(C)C)c(=O)[nH]c12. The molecule has 8 heteroatoms. The number of nitrogens with zero attached hydrogens (tertiary/aromatic N) is 5. The van der Waals surface area contributed by atoms with Gasteiger partial charge in [-0.25, -0.2) is 4.68 Å². The number of H-pyrrole nitrogens is 1. The minimum absolute atomic E-state index is 0.0547. The minimum Gasteiger partial charge on any atom is -0.321 e. The van der Waals surface area contributed by atoms with Crippen molar-refractivity contribution in [2.75, 3.05) is 0 Å². The van der Waals surface area contributed by atoms with Crippen LogP contribution < -0.4 is 10.5 Å². The standard InChI is InChI=1S/C23H27N7O/c1-16-7-5-9-18-11-19(22(31)25-21(16)18)14-29(13-17-8-6-10-24-12-17)15-20-26-27-28-30(20)23(2,3)4/h5-12H,13-15H2,1-4H3,(H,25,31)/p+1. The molecule has 4 rings (SSSR count). The van der Waals surface area contributed by atoms with Crippen LogP contribution in [-0.2, 0) is 25.2 Å². The van der Waals surface area contributed by atoms with Gasteiger partial charge in [-0.1, -0.05) is 24.3 Å². The minimum atomic E-state index is -0.226. The fourth-order valence-electron chi connectivity index (χ4n) is 3.87.